The van der Waals surface area contributed by atoms with Crippen molar-refractivity contribution in [2.24, 2.45) is 0 Å². The number of para-hydroxylation sites is 1. The van der Waals surface area contributed by atoms with Crippen LogP contribution in [0.2, 0.25) is 0 Å². The number of hydrogen-bond acceptors (Lipinski definition) is 1. The zero-order valence-corrected chi connectivity index (χ0v) is 9.95. The lowest BCUT2D eigenvalue weighted by Gasteiger charge is -2.14. The number of H-pyrrole nitrogens is 1. The van der Waals surface area contributed by atoms with Crippen molar-refractivity contribution in [3.63, 3.8) is 0 Å². The lowest BCUT2D eigenvalue weighted by atomic mass is 10.1. The van der Waals surface area contributed by atoms with Gasteiger partial charge < -0.3 is 9.88 Å². The summed E-state index contributed by atoms with van der Waals surface area (Å²) in [4.78, 5) is 16.4. The first-order valence-corrected chi connectivity index (χ1v) is 5.46. The van der Waals surface area contributed by atoms with E-state index in [1.165, 1.54) is 4.90 Å². The number of nitrogens with one attached hydrogen (secondary N) is 1. The molecule has 1 amide bonds. The Morgan fingerprint density at radius 1 is 1.38 bits per heavy atom. The molecular formula is C12H13ClN2O. The van der Waals surface area contributed by atoms with Gasteiger partial charge in [0.1, 0.15) is 5.38 Å². The van der Waals surface area contributed by atoms with E-state index in [1.54, 1.807) is 20.3 Å². The average Bonchev–Trinajstić information content (AvgIpc) is 2.70. The number of carbonyl (C=O) groups is 1. The summed E-state index contributed by atoms with van der Waals surface area (Å²) in [6.07, 6.45) is 1.80. The summed E-state index contributed by atoms with van der Waals surface area (Å²) in [6, 6.07) is 7.80. The third kappa shape index (κ3) is 1.78. The maximum Gasteiger partial charge on any atom is 0.244 e. The first kappa shape index (κ1) is 11.0. The van der Waals surface area contributed by atoms with Gasteiger partial charge in [0.05, 0.1) is 0 Å². The lowest BCUT2D eigenvalue weighted by molar-refractivity contribution is -0.128. The highest BCUT2D eigenvalue weighted by atomic mass is 35.5. The highest BCUT2D eigenvalue weighted by Gasteiger charge is 2.22. The molecule has 84 valence electrons. The van der Waals surface area contributed by atoms with Gasteiger partial charge >= 0.3 is 0 Å². The summed E-state index contributed by atoms with van der Waals surface area (Å²) in [5, 5.41) is 0.365. The molecule has 1 aromatic carbocycles. The average molecular weight is 237 g/mol. The van der Waals surface area contributed by atoms with Gasteiger partial charge in [0.15, 0.2) is 0 Å². The summed E-state index contributed by atoms with van der Waals surface area (Å²) in [5.74, 6) is -0.105. The van der Waals surface area contributed by atoms with Crippen LogP contribution >= 0.6 is 11.6 Å². The number of aromatic nitrogens is 1. The molecule has 0 bridgehead atoms. The number of halogens is 1. The first-order valence-electron chi connectivity index (χ1n) is 5.02. The van der Waals surface area contributed by atoms with Crippen LogP contribution in [-0.2, 0) is 4.79 Å². The van der Waals surface area contributed by atoms with Gasteiger partial charge in [-0.05, 0) is 6.07 Å². The van der Waals surface area contributed by atoms with Crippen LogP contribution in [0.25, 0.3) is 10.9 Å². The standard InChI is InChI=1S/C12H13ClN2O/c1-15(2)12(16)11(13)9-7-14-10-6-4-3-5-8(9)10/h3-7,11,14H,1-2H3. The normalized spacial score (nSPS) is 12.7. The van der Waals surface area contributed by atoms with Crippen molar-refractivity contribution in [2.75, 3.05) is 14.1 Å². The van der Waals surface area contributed by atoms with Gasteiger partial charge in [0.25, 0.3) is 0 Å². The molecule has 2 rings (SSSR count). The molecule has 3 nitrogen and oxygen atoms in total. The second-order valence-corrected chi connectivity index (χ2v) is 4.32. The van der Waals surface area contributed by atoms with Crippen molar-refractivity contribution >= 4 is 28.4 Å². The van der Waals surface area contributed by atoms with E-state index in [4.69, 9.17) is 11.6 Å². The third-order valence-electron chi connectivity index (χ3n) is 2.55. The maximum absolute atomic E-state index is 11.8. The van der Waals surface area contributed by atoms with E-state index in [9.17, 15) is 4.79 Å². The molecule has 1 N–H and O–H groups in total. The summed E-state index contributed by atoms with van der Waals surface area (Å²) >= 11 is 6.16. The van der Waals surface area contributed by atoms with E-state index >= 15 is 0 Å². The molecule has 1 atom stereocenters. The van der Waals surface area contributed by atoms with Crippen LogP contribution in [0.4, 0.5) is 0 Å². The molecule has 1 aromatic heterocycles. The SMILES string of the molecule is CN(C)C(=O)C(Cl)c1c[nH]c2ccccc12. The molecule has 16 heavy (non-hydrogen) atoms. The molecule has 0 aliphatic rings. The number of hydrogen-bond donors (Lipinski definition) is 1. The molecule has 0 aliphatic heterocycles. The molecule has 0 saturated carbocycles. The van der Waals surface area contributed by atoms with E-state index in [-0.39, 0.29) is 5.91 Å². The number of alkyl halides is 1. The van der Waals surface area contributed by atoms with Gasteiger partial charge in [-0.2, -0.15) is 0 Å². The smallest absolute Gasteiger partial charge is 0.244 e. The highest BCUT2D eigenvalue weighted by Crippen LogP contribution is 2.29. The molecule has 4 heteroatoms. The monoisotopic (exact) mass is 236 g/mol. The predicted molar refractivity (Wildman–Crippen MR) is 65.6 cm³/mol. The Labute approximate surface area is 99.0 Å². The topological polar surface area (TPSA) is 36.1 Å². The van der Waals surface area contributed by atoms with Gasteiger partial charge in [-0.25, -0.2) is 0 Å². The van der Waals surface area contributed by atoms with E-state index in [0.29, 0.717) is 0 Å². The number of amides is 1. The first-order chi connectivity index (χ1) is 7.61. The van der Waals surface area contributed by atoms with Crippen molar-refractivity contribution in [2.45, 2.75) is 5.38 Å². The van der Waals surface area contributed by atoms with Crippen LogP contribution < -0.4 is 0 Å². The van der Waals surface area contributed by atoms with Crippen LogP contribution in [0.5, 0.6) is 0 Å². The largest absolute Gasteiger partial charge is 0.361 e. The summed E-state index contributed by atoms with van der Waals surface area (Å²) < 4.78 is 0. The molecule has 2 aromatic rings. The van der Waals surface area contributed by atoms with E-state index < -0.39 is 5.38 Å². The van der Waals surface area contributed by atoms with E-state index in [1.807, 2.05) is 24.3 Å². The van der Waals surface area contributed by atoms with E-state index in [0.717, 1.165) is 16.5 Å². The number of carbonyl (C=O) groups excluding carboxylic acids is 1. The molecule has 0 fully saturated rings. The Bertz CT molecular complexity index is 518. The van der Waals surface area contributed by atoms with Crippen molar-refractivity contribution < 1.29 is 4.79 Å². The van der Waals surface area contributed by atoms with Crippen molar-refractivity contribution in [3.8, 4) is 0 Å². The van der Waals surface area contributed by atoms with Gasteiger partial charge in [0, 0.05) is 36.8 Å². The number of nitrogens with zero attached hydrogens (tertiary/aromatic N) is 1. The lowest BCUT2D eigenvalue weighted by Crippen LogP contribution is -2.25. The maximum atomic E-state index is 11.8. The van der Waals surface area contributed by atoms with Crippen LogP contribution in [0.3, 0.4) is 0 Å². The molecule has 0 spiro atoms. The minimum Gasteiger partial charge on any atom is -0.361 e. The third-order valence-corrected chi connectivity index (χ3v) is 2.97. The van der Waals surface area contributed by atoms with Crippen molar-refractivity contribution in [1.82, 2.24) is 9.88 Å². The van der Waals surface area contributed by atoms with Crippen molar-refractivity contribution in [3.05, 3.63) is 36.0 Å². The fourth-order valence-corrected chi connectivity index (χ4v) is 2.04. The molecular weight excluding hydrogens is 224 g/mol. The molecule has 1 heterocycles. The number of rotatable bonds is 2. The van der Waals surface area contributed by atoms with Crippen molar-refractivity contribution in [1.29, 1.82) is 0 Å². The summed E-state index contributed by atoms with van der Waals surface area (Å²) in [7, 11) is 3.40. The van der Waals surface area contributed by atoms with Gasteiger partial charge in [-0.1, -0.05) is 18.2 Å². The number of likely N-dealkylation sites (N-methyl/N-ethyl adjacent to an activating group) is 1. The van der Waals surface area contributed by atoms with Crippen LogP contribution in [0.15, 0.2) is 30.5 Å². The van der Waals surface area contributed by atoms with Gasteiger partial charge in [-0.15, -0.1) is 11.6 Å². The molecule has 0 saturated heterocycles. The minimum absolute atomic E-state index is 0.105. The zero-order chi connectivity index (χ0) is 11.7. The molecule has 0 radical (unpaired) electrons. The molecule has 1 unspecified atom stereocenters. The highest BCUT2D eigenvalue weighted by molar-refractivity contribution is 6.31. The predicted octanol–water partition coefficient (Wildman–Crippen LogP) is 2.54. The Hall–Kier alpha value is -1.48. The Morgan fingerprint density at radius 2 is 2.06 bits per heavy atom. The fourth-order valence-electron chi connectivity index (χ4n) is 1.66. The second-order valence-electron chi connectivity index (χ2n) is 3.88. The van der Waals surface area contributed by atoms with Gasteiger partial charge in [0.2, 0.25) is 5.91 Å². The quantitative estimate of drug-likeness (QED) is 0.800. The fraction of sp³-hybridized carbons (Fsp3) is 0.250. The summed E-state index contributed by atoms with van der Waals surface area (Å²) in [6.45, 7) is 0. The number of aromatic amines is 1. The van der Waals surface area contributed by atoms with Crippen LogP contribution in [0, 0.1) is 0 Å². The summed E-state index contributed by atoms with van der Waals surface area (Å²) in [5.41, 5.74) is 1.82. The van der Waals surface area contributed by atoms with Crippen LogP contribution in [0.1, 0.15) is 10.9 Å². The van der Waals surface area contributed by atoms with Crippen LogP contribution in [-0.4, -0.2) is 29.9 Å². The minimum atomic E-state index is -0.633. The second kappa shape index (κ2) is 4.18. The number of benzene rings is 1. The number of fused-ring (bicyclic) bond motifs is 1. The Morgan fingerprint density at radius 3 is 2.75 bits per heavy atom. The van der Waals surface area contributed by atoms with Gasteiger partial charge in [-0.3, -0.25) is 4.79 Å². The Kier molecular flexibility index (Phi) is 2.88. The molecule has 0 aliphatic carbocycles. The van der Waals surface area contributed by atoms with E-state index in [2.05, 4.69) is 4.98 Å². The Balaban J connectivity index is 2.44. The zero-order valence-electron chi connectivity index (χ0n) is 9.20.